The van der Waals surface area contributed by atoms with Crippen molar-refractivity contribution in [3.63, 3.8) is 0 Å². The van der Waals surface area contributed by atoms with Gasteiger partial charge in [0, 0.05) is 17.5 Å². The fraction of sp³-hybridized carbons (Fsp3) is 0.444. The second-order valence-electron chi connectivity index (χ2n) is 6.45. The normalized spacial score (nSPS) is 20.3. The third kappa shape index (κ3) is 2.67. The molecule has 6 heteroatoms. The maximum atomic E-state index is 12.5. The summed E-state index contributed by atoms with van der Waals surface area (Å²) in [6, 6.07) is 4.23. The van der Waals surface area contributed by atoms with E-state index in [0.717, 1.165) is 29.4 Å². The van der Waals surface area contributed by atoms with Gasteiger partial charge in [-0.3, -0.25) is 4.79 Å². The minimum Gasteiger partial charge on any atom is -0.479 e. The van der Waals surface area contributed by atoms with Crippen molar-refractivity contribution < 1.29 is 23.8 Å². The van der Waals surface area contributed by atoms with Crippen molar-refractivity contribution in [2.75, 3.05) is 19.7 Å². The lowest BCUT2D eigenvalue weighted by Gasteiger charge is -2.30. The van der Waals surface area contributed by atoms with E-state index in [1.165, 1.54) is 17.5 Å². The van der Waals surface area contributed by atoms with E-state index in [1.807, 2.05) is 0 Å². The fourth-order valence-corrected chi connectivity index (χ4v) is 3.58. The summed E-state index contributed by atoms with van der Waals surface area (Å²) in [6.07, 6.45) is 4.26. The molecule has 1 N–H and O–H groups in total. The van der Waals surface area contributed by atoms with Gasteiger partial charge in [-0.1, -0.05) is 0 Å². The smallest absolute Gasteiger partial charge is 0.334 e. The van der Waals surface area contributed by atoms with Crippen LogP contribution >= 0.6 is 0 Å². The standard InChI is InChI=1S/C18H19NO5/c20-17(19-4-5-23-16(9-19)18(21)22)8-13-10-24-15-7-12-3-1-2-11(12)6-14(13)15/h6-7,10,16H,1-5,8-9H2,(H,21,22). The molecule has 1 aromatic heterocycles. The summed E-state index contributed by atoms with van der Waals surface area (Å²) in [5, 5.41) is 10.0. The molecule has 6 nitrogen and oxygen atoms in total. The van der Waals surface area contributed by atoms with Crippen LogP contribution in [-0.2, 0) is 33.6 Å². The molecule has 0 saturated carbocycles. The van der Waals surface area contributed by atoms with E-state index in [4.69, 9.17) is 14.3 Å². The zero-order valence-electron chi connectivity index (χ0n) is 13.3. The molecule has 1 unspecified atom stereocenters. The molecule has 2 aliphatic rings. The number of fused-ring (bicyclic) bond motifs is 2. The van der Waals surface area contributed by atoms with Crippen LogP contribution < -0.4 is 0 Å². The summed E-state index contributed by atoms with van der Waals surface area (Å²) < 4.78 is 10.8. The largest absolute Gasteiger partial charge is 0.479 e. The summed E-state index contributed by atoms with van der Waals surface area (Å²) in [7, 11) is 0. The number of furan rings is 1. The lowest BCUT2D eigenvalue weighted by Crippen LogP contribution is -2.49. The Kier molecular flexibility index (Phi) is 3.76. The number of benzene rings is 1. The van der Waals surface area contributed by atoms with Crippen LogP contribution in [0.2, 0.25) is 0 Å². The second kappa shape index (κ2) is 5.94. The average Bonchev–Trinajstić information content (AvgIpc) is 3.19. The number of nitrogens with zero attached hydrogens (tertiary/aromatic N) is 1. The Bertz CT molecular complexity index is 809. The minimum atomic E-state index is -1.03. The molecule has 1 saturated heterocycles. The molecular formula is C18H19NO5. The Balaban J connectivity index is 1.53. The van der Waals surface area contributed by atoms with Crippen LogP contribution in [0.3, 0.4) is 0 Å². The van der Waals surface area contributed by atoms with Gasteiger partial charge in [0.05, 0.1) is 25.8 Å². The van der Waals surface area contributed by atoms with Crippen molar-refractivity contribution in [2.24, 2.45) is 0 Å². The molecule has 0 bridgehead atoms. The zero-order chi connectivity index (χ0) is 16.7. The first-order valence-corrected chi connectivity index (χ1v) is 8.26. The predicted molar refractivity (Wildman–Crippen MR) is 85.9 cm³/mol. The molecule has 0 spiro atoms. The molecule has 0 radical (unpaired) electrons. The molecule has 2 heterocycles. The van der Waals surface area contributed by atoms with Crippen molar-refractivity contribution in [1.29, 1.82) is 0 Å². The van der Waals surface area contributed by atoms with Gasteiger partial charge in [0.2, 0.25) is 5.91 Å². The van der Waals surface area contributed by atoms with Crippen molar-refractivity contribution in [3.8, 4) is 0 Å². The van der Waals surface area contributed by atoms with Crippen LogP contribution in [0, 0.1) is 0 Å². The number of amides is 1. The summed E-state index contributed by atoms with van der Waals surface area (Å²) >= 11 is 0. The number of aliphatic carboxylic acids is 1. The van der Waals surface area contributed by atoms with Crippen LogP contribution in [0.15, 0.2) is 22.8 Å². The van der Waals surface area contributed by atoms with E-state index < -0.39 is 12.1 Å². The molecule has 4 rings (SSSR count). The van der Waals surface area contributed by atoms with Gasteiger partial charge in [0.15, 0.2) is 6.10 Å². The Morgan fingerprint density at radius 2 is 2.04 bits per heavy atom. The van der Waals surface area contributed by atoms with Crippen LogP contribution in [0.5, 0.6) is 0 Å². The van der Waals surface area contributed by atoms with Crippen molar-refractivity contribution in [2.45, 2.75) is 31.8 Å². The van der Waals surface area contributed by atoms with Gasteiger partial charge in [-0.2, -0.15) is 0 Å². The van der Waals surface area contributed by atoms with Gasteiger partial charge in [0.25, 0.3) is 0 Å². The van der Waals surface area contributed by atoms with Crippen LogP contribution in [0.25, 0.3) is 11.0 Å². The maximum Gasteiger partial charge on any atom is 0.334 e. The van der Waals surface area contributed by atoms with E-state index >= 15 is 0 Å². The fourth-order valence-electron chi connectivity index (χ4n) is 3.58. The summed E-state index contributed by atoms with van der Waals surface area (Å²) in [5.41, 5.74) is 4.37. The van der Waals surface area contributed by atoms with E-state index in [-0.39, 0.29) is 25.5 Å². The number of hydrogen-bond donors (Lipinski definition) is 1. The Morgan fingerprint density at radius 1 is 1.25 bits per heavy atom. The van der Waals surface area contributed by atoms with Gasteiger partial charge < -0.3 is 19.2 Å². The molecular weight excluding hydrogens is 310 g/mol. The molecule has 1 aliphatic carbocycles. The number of rotatable bonds is 3. The zero-order valence-corrected chi connectivity index (χ0v) is 13.3. The monoisotopic (exact) mass is 329 g/mol. The highest BCUT2D eigenvalue weighted by atomic mass is 16.5. The summed E-state index contributed by atoms with van der Waals surface area (Å²) in [6.45, 7) is 0.773. The van der Waals surface area contributed by atoms with Crippen LogP contribution in [0.1, 0.15) is 23.1 Å². The van der Waals surface area contributed by atoms with E-state index in [1.54, 1.807) is 11.2 Å². The number of carboxylic acid groups (broad SMARTS) is 1. The molecule has 1 atom stereocenters. The quantitative estimate of drug-likeness (QED) is 0.928. The van der Waals surface area contributed by atoms with Crippen molar-refractivity contribution in [3.05, 3.63) is 35.1 Å². The Morgan fingerprint density at radius 3 is 2.83 bits per heavy atom. The van der Waals surface area contributed by atoms with Crippen LogP contribution in [-0.4, -0.2) is 47.7 Å². The molecule has 2 aromatic rings. The lowest BCUT2D eigenvalue weighted by molar-refractivity contribution is -0.159. The van der Waals surface area contributed by atoms with Crippen molar-refractivity contribution >= 4 is 22.8 Å². The van der Waals surface area contributed by atoms with E-state index in [9.17, 15) is 9.59 Å². The molecule has 1 aliphatic heterocycles. The molecule has 1 aromatic carbocycles. The molecule has 126 valence electrons. The maximum absolute atomic E-state index is 12.5. The number of carbonyl (C=O) groups excluding carboxylic acids is 1. The van der Waals surface area contributed by atoms with Gasteiger partial charge in [0.1, 0.15) is 5.58 Å². The summed E-state index contributed by atoms with van der Waals surface area (Å²) in [5.74, 6) is -1.12. The topological polar surface area (TPSA) is 80.0 Å². The van der Waals surface area contributed by atoms with E-state index in [2.05, 4.69) is 12.1 Å². The predicted octanol–water partition coefficient (Wildman–Crippen LogP) is 1.78. The third-order valence-corrected chi connectivity index (χ3v) is 4.90. The van der Waals surface area contributed by atoms with Crippen LogP contribution in [0.4, 0.5) is 0 Å². The van der Waals surface area contributed by atoms with Gasteiger partial charge >= 0.3 is 5.97 Å². The van der Waals surface area contributed by atoms with Gasteiger partial charge in [-0.25, -0.2) is 4.79 Å². The first-order chi connectivity index (χ1) is 11.6. The highest BCUT2D eigenvalue weighted by Gasteiger charge is 2.29. The Labute approximate surface area is 139 Å². The minimum absolute atomic E-state index is 0.0900. The Hall–Kier alpha value is -2.34. The second-order valence-corrected chi connectivity index (χ2v) is 6.45. The molecule has 1 fully saturated rings. The van der Waals surface area contributed by atoms with Gasteiger partial charge in [-0.15, -0.1) is 0 Å². The highest BCUT2D eigenvalue weighted by Crippen LogP contribution is 2.30. The molecule has 24 heavy (non-hydrogen) atoms. The summed E-state index contributed by atoms with van der Waals surface area (Å²) in [4.78, 5) is 25.2. The molecule has 1 amide bonds. The van der Waals surface area contributed by atoms with E-state index in [0.29, 0.717) is 6.54 Å². The SMILES string of the molecule is O=C(O)C1CN(C(=O)Cc2coc3cc4c(cc23)CCC4)CCO1. The average molecular weight is 329 g/mol. The number of ether oxygens (including phenoxy) is 1. The van der Waals surface area contributed by atoms with Crippen molar-refractivity contribution in [1.82, 2.24) is 4.90 Å². The lowest BCUT2D eigenvalue weighted by atomic mass is 10.0. The number of morpholine rings is 1. The first-order valence-electron chi connectivity index (χ1n) is 8.26. The first kappa shape index (κ1) is 15.2. The number of aryl methyl sites for hydroxylation is 2. The highest BCUT2D eigenvalue weighted by molar-refractivity contribution is 5.89. The number of carboxylic acids is 1. The number of carbonyl (C=O) groups is 2. The number of hydrogen-bond acceptors (Lipinski definition) is 4. The third-order valence-electron chi connectivity index (χ3n) is 4.90. The van der Waals surface area contributed by atoms with Gasteiger partial charge in [-0.05, 0) is 42.5 Å².